The normalized spacial score (nSPS) is 17.8. The average Bonchev–Trinajstić information content (AvgIpc) is 1.48. The van der Waals surface area contributed by atoms with Crippen molar-refractivity contribution in [1.29, 1.82) is 0 Å². The molecule has 0 saturated carbocycles. The van der Waals surface area contributed by atoms with Gasteiger partial charge in [-0.05, 0) is 0 Å². The number of hydrogen-bond donors (Lipinski definition) is 3. The van der Waals surface area contributed by atoms with E-state index in [9.17, 15) is 9.13 Å². The van der Waals surface area contributed by atoms with Gasteiger partial charge in [-0.15, -0.1) is 0 Å². The van der Waals surface area contributed by atoms with Gasteiger partial charge in [-0.3, -0.25) is 4.52 Å². The third-order valence-electron chi connectivity index (χ3n) is 0.422. The first-order valence-electron chi connectivity index (χ1n) is 2.19. The van der Waals surface area contributed by atoms with Gasteiger partial charge in [0.05, 0.1) is 0 Å². The van der Waals surface area contributed by atoms with Gasteiger partial charge in [0.1, 0.15) is 0 Å². The molecule has 0 aromatic carbocycles. The number of hydrogen-bond acceptors (Lipinski definition) is 4. The van der Waals surface area contributed by atoms with E-state index in [4.69, 9.17) is 37.9 Å². The third kappa shape index (κ3) is 7.49. The Bertz CT molecular complexity index is 232. The standard InChI is InChI=1S/CH4Cl2O7P2/c2-1(3)9-12(7,8)10-11(4,5)6/h1H,(H,7,8)(H2,4,5,6). The molecule has 0 aliphatic rings. The first-order chi connectivity index (χ1) is 5.12. The summed E-state index contributed by atoms with van der Waals surface area (Å²) < 4.78 is 27.6. The summed E-state index contributed by atoms with van der Waals surface area (Å²) >= 11 is 9.74. The van der Waals surface area contributed by atoms with Crippen molar-refractivity contribution >= 4 is 38.8 Å². The minimum Gasteiger partial charge on any atom is -0.302 e. The summed E-state index contributed by atoms with van der Waals surface area (Å²) in [5, 5.41) is -1.72. The average molecular weight is 261 g/mol. The Labute approximate surface area is 77.1 Å². The summed E-state index contributed by atoms with van der Waals surface area (Å²) in [4.78, 5) is 24.6. The molecule has 3 N–H and O–H groups in total. The second-order valence-electron chi connectivity index (χ2n) is 1.41. The van der Waals surface area contributed by atoms with Crippen LogP contribution in [0, 0.1) is 0 Å². The molecule has 1 atom stereocenters. The molecule has 0 spiro atoms. The lowest BCUT2D eigenvalue weighted by atomic mass is 11.7. The molecule has 0 heterocycles. The number of halogens is 2. The van der Waals surface area contributed by atoms with Crippen molar-refractivity contribution in [2.24, 2.45) is 0 Å². The fourth-order valence-corrected chi connectivity index (χ4v) is 2.29. The Morgan fingerprint density at radius 2 is 1.58 bits per heavy atom. The van der Waals surface area contributed by atoms with Gasteiger partial charge < -0.3 is 14.7 Å². The summed E-state index contributed by atoms with van der Waals surface area (Å²) in [7, 11) is -10.00. The van der Waals surface area contributed by atoms with E-state index in [0.29, 0.717) is 0 Å². The van der Waals surface area contributed by atoms with E-state index in [2.05, 4.69) is 8.83 Å². The van der Waals surface area contributed by atoms with Crippen molar-refractivity contribution in [3.8, 4) is 0 Å². The summed E-state index contributed by atoms with van der Waals surface area (Å²) in [5.74, 6) is 0. The number of phosphoric acid groups is 2. The van der Waals surface area contributed by atoms with Crippen molar-refractivity contribution < 1.29 is 32.6 Å². The predicted molar refractivity (Wildman–Crippen MR) is 39.5 cm³/mol. The van der Waals surface area contributed by atoms with E-state index in [1.165, 1.54) is 0 Å². The van der Waals surface area contributed by atoms with Crippen LogP contribution < -0.4 is 0 Å². The maximum atomic E-state index is 10.5. The van der Waals surface area contributed by atoms with Crippen LogP contribution in [0.2, 0.25) is 0 Å². The Balaban J connectivity index is 4.25. The minimum absolute atomic E-state index is 1.72. The van der Waals surface area contributed by atoms with Crippen LogP contribution in [0.1, 0.15) is 0 Å². The van der Waals surface area contributed by atoms with Gasteiger partial charge in [0.25, 0.3) is 0 Å². The van der Waals surface area contributed by atoms with Crippen molar-refractivity contribution in [2.45, 2.75) is 5.02 Å². The van der Waals surface area contributed by atoms with Gasteiger partial charge in [-0.25, -0.2) is 9.13 Å². The predicted octanol–water partition coefficient (Wildman–Crippen LogP) is 0.974. The summed E-state index contributed by atoms with van der Waals surface area (Å²) in [6.45, 7) is 0. The van der Waals surface area contributed by atoms with E-state index in [1.807, 2.05) is 0 Å². The van der Waals surface area contributed by atoms with E-state index in [1.54, 1.807) is 0 Å². The van der Waals surface area contributed by atoms with Crippen LogP contribution in [0.25, 0.3) is 0 Å². The molecule has 0 amide bonds. The Morgan fingerprint density at radius 3 is 1.83 bits per heavy atom. The molecule has 0 fully saturated rings. The van der Waals surface area contributed by atoms with Crippen molar-refractivity contribution in [2.75, 3.05) is 0 Å². The molecule has 0 aromatic rings. The van der Waals surface area contributed by atoms with Crippen molar-refractivity contribution in [3.05, 3.63) is 0 Å². The molecule has 0 bridgehead atoms. The monoisotopic (exact) mass is 260 g/mol. The lowest BCUT2D eigenvalue weighted by Gasteiger charge is -2.11. The molecular weight excluding hydrogens is 257 g/mol. The first kappa shape index (κ1) is 12.8. The molecule has 7 nitrogen and oxygen atoms in total. The quantitative estimate of drug-likeness (QED) is 0.510. The largest absolute Gasteiger partial charge is 0.483 e. The van der Waals surface area contributed by atoms with E-state index >= 15 is 0 Å². The van der Waals surface area contributed by atoms with Crippen molar-refractivity contribution in [3.63, 3.8) is 0 Å². The lowest BCUT2D eigenvalue weighted by Crippen LogP contribution is -1.96. The van der Waals surface area contributed by atoms with Crippen LogP contribution >= 0.6 is 38.8 Å². The molecular formula is CH4Cl2O7P2. The van der Waals surface area contributed by atoms with Crippen LogP contribution in [-0.4, -0.2) is 19.7 Å². The zero-order valence-corrected chi connectivity index (χ0v) is 8.50. The van der Waals surface area contributed by atoms with Crippen LogP contribution in [0.15, 0.2) is 0 Å². The molecule has 11 heteroatoms. The molecule has 0 saturated heterocycles. The van der Waals surface area contributed by atoms with E-state index in [0.717, 1.165) is 0 Å². The maximum Gasteiger partial charge on any atom is 0.483 e. The summed E-state index contributed by atoms with van der Waals surface area (Å²) in [6, 6.07) is 0. The second kappa shape index (κ2) is 4.37. The Morgan fingerprint density at radius 1 is 1.17 bits per heavy atom. The van der Waals surface area contributed by atoms with Crippen LogP contribution in [0.4, 0.5) is 0 Å². The van der Waals surface area contributed by atoms with E-state index in [-0.39, 0.29) is 0 Å². The molecule has 74 valence electrons. The highest BCUT2D eigenvalue weighted by Crippen LogP contribution is 2.58. The second-order valence-corrected chi connectivity index (χ2v) is 5.21. The molecule has 0 aromatic heterocycles. The minimum atomic E-state index is -5.10. The van der Waals surface area contributed by atoms with Gasteiger partial charge in [-0.1, -0.05) is 23.2 Å². The van der Waals surface area contributed by atoms with E-state index < -0.39 is 20.7 Å². The van der Waals surface area contributed by atoms with Gasteiger partial charge in [0.2, 0.25) is 5.02 Å². The van der Waals surface area contributed by atoms with Gasteiger partial charge in [-0.2, -0.15) is 4.31 Å². The highest BCUT2D eigenvalue weighted by molar-refractivity contribution is 7.60. The number of rotatable bonds is 4. The van der Waals surface area contributed by atoms with Gasteiger partial charge in [0, 0.05) is 0 Å². The van der Waals surface area contributed by atoms with Crippen LogP contribution in [0.5, 0.6) is 0 Å². The van der Waals surface area contributed by atoms with Gasteiger partial charge in [0.15, 0.2) is 0 Å². The SMILES string of the molecule is O=P(O)(O)OP(=O)(O)OC(Cl)Cl. The third-order valence-corrected chi connectivity index (χ3v) is 3.00. The highest BCUT2D eigenvalue weighted by atomic mass is 35.5. The lowest BCUT2D eigenvalue weighted by molar-refractivity contribution is 0.188. The molecule has 1 unspecified atom stereocenters. The molecule has 0 rings (SSSR count). The molecule has 0 radical (unpaired) electrons. The fourth-order valence-electron chi connectivity index (χ4n) is 0.254. The molecule has 0 aliphatic heterocycles. The highest BCUT2D eigenvalue weighted by Gasteiger charge is 2.34. The van der Waals surface area contributed by atoms with Gasteiger partial charge >= 0.3 is 15.6 Å². The smallest absolute Gasteiger partial charge is 0.302 e. The van der Waals surface area contributed by atoms with Crippen LogP contribution in [0.3, 0.4) is 0 Å². The zero-order chi connectivity index (χ0) is 9.99. The fraction of sp³-hybridized carbons (Fsp3) is 1.00. The first-order valence-corrected chi connectivity index (χ1v) is 6.08. The van der Waals surface area contributed by atoms with Crippen LogP contribution in [-0.2, 0) is 18.0 Å². The summed E-state index contributed by atoms with van der Waals surface area (Å²) in [6.07, 6.45) is 0. The number of phosphoric ester groups is 1. The zero-order valence-electron chi connectivity index (χ0n) is 5.20. The van der Waals surface area contributed by atoms with Crippen molar-refractivity contribution in [1.82, 2.24) is 0 Å². The maximum absolute atomic E-state index is 10.5. The summed E-state index contributed by atoms with van der Waals surface area (Å²) in [5.41, 5.74) is 0. The molecule has 12 heavy (non-hydrogen) atoms. The Hall–Kier alpha value is 0.840. The number of alkyl halides is 2. The Kier molecular flexibility index (Phi) is 4.68. The molecule has 0 aliphatic carbocycles. The topological polar surface area (TPSA) is 113 Å².